The van der Waals surface area contributed by atoms with E-state index in [2.05, 4.69) is 5.32 Å². The van der Waals surface area contributed by atoms with Gasteiger partial charge in [0.15, 0.2) is 0 Å². The van der Waals surface area contributed by atoms with Gasteiger partial charge >= 0.3 is 0 Å². The second-order valence-corrected chi connectivity index (χ2v) is 5.40. The monoisotopic (exact) mass is 254 g/mol. The summed E-state index contributed by atoms with van der Waals surface area (Å²) in [5.74, 6) is 3.39. The third-order valence-corrected chi connectivity index (χ3v) is 4.00. The highest BCUT2D eigenvalue weighted by Gasteiger charge is 2.17. The normalized spacial score (nSPS) is 15.6. The van der Waals surface area contributed by atoms with Gasteiger partial charge in [-0.25, -0.2) is 0 Å². The Morgan fingerprint density at radius 3 is 3.06 bits per heavy atom. The van der Waals surface area contributed by atoms with E-state index in [1.54, 1.807) is 22.9 Å². The van der Waals surface area contributed by atoms with E-state index in [1.165, 1.54) is 0 Å². The van der Waals surface area contributed by atoms with E-state index in [0.29, 0.717) is 12.3 Å². The standard InChI is InChI=1S/C12H18N2O2S/c1-14(7-11-3-2-4-16-11)12(15)9-17-8-10-5-13-6-10/h2-4,10,13H,5-9H2,1H3. The average molecular weight is 254 g/mol. The lowest BCUT2D eigenvalue weighted by molar-refractivity contribution is -0.127. The molecule has 1 aromatic heterocycles. The summed E-state index contributed by atoms with van der Waals surface area (Å²) in [7, 11) is 1.82. The lowest BCUT2D eigenvalue weighted by Gasteiger charge is -2.26. The predicted octanol–water partition coefficient (Wildman–Crippen LogP) is 1.19. The number of carbonyl (C=O) groups is 1. The van der Waals surface area contributed by atoms with Crippen molar-refractivity contribution in [1.29, 1.82) is 0 Å². The van der Waals surface area contributed by atoms with Crippen molar-refractivity contribution in [2.45, 2.75) is 6.54 Å². The molecule has 17 heavy (non-hydrogen) atoms. The van der Waals surface area contributed by atoms with Crippen molar-refractivity contribution < 1.29 is 9.21 Å². The maximum Gasteiger partial charge on any atom is 0.232 e. The van der Waals surface area contributed by atoms with Gasteiger partial charge in [-0.05, 0) is 36.9 Å². The van der Waals surface area contributed by atoms with Crippen LogP contribution < -0.4 is 5.32 Å². The minimum absolute atomic E-state index is 0.165. The largest absolute Gasteiger partial charge is 0.467 e. The number of furan rings is 1. The van der Waals surface area contributed by atoms with E-state index in [1.807, 2.05) is 19.2 Å². The van der Waals surface area contributed by atoms with Gasteiger partial charge < -0.3 is 14.6 Å². The smallest absolute Gasteiger partial charge is 0.232 e. The van der Waals surface area contributed by atoms with E-state index in [-0.39, 0.29) is 5.91 Å². The SMILES string of the molecule is CN(Cc1ccco1)C(=O)CSCC1CNC1. The molecule has 0 spiro atoms. The van der Waals surface area contributed by atoms with Crippen LogP contribution in [0.15, 0.2) is 22.8 Å². The van der Waals surface area contributed by atoms with Crippen molar-refractivity contribution in [1.82, 2.24) is 10.2 Å². The fraction of sp³-hybridized carbons (Fsp3) is 0.583. The van der Waals surface area contributed by atoms with Crippen LogP contribution >= 0.6 is 11.8 Å². The number of hydrogen-bond donors (Lipinski definition) is 1. The zero-order chi connectivity index (χ0) is 12.1. The van der Waals surface area contributed by atoms with Crippen molar-refractivity contribution in [3.05, 3.63) is 24.2 Å². The summed E-state index contributed by atoms with van der Waals surface area (Å²) in [6.45, 7) is 2.75. The highest BCUT2D eigenvalue weighted by atomic mass is 32.2. The Hall–Kier alpha value is -0.940. The molecule has 2 rings (SSSR count). The summed E-state index contributed by atoms with van der Waals surface area (Å²) < 4.78 is 5.21. The maximum absolute atomic E-state index is 11.8. The van der Waals surface area contributed by atoms with Gasteiger partial charge in [-0.15, -0.1) is 0 Å². The number of carbonyl (C=O) groups excluding carboxylic acids is 1. The highest BCUT2D eigenvalue weighted by Crippen LogP contribution is 2.13. The summed E-state index contributed by atoms with van der Waals surface area (Å²) >= 11 is 1.72. The van der Waals surface area contributed by atoms with Crippen LogP contribution in [0.4, 0.5) is 0 Å². The molecule has 2 heterocycles. The number of rotatable bonds is 6. The molecule has 0 unspecified atom stereocenters. The number of amides is 1. The molecule has 1 fully saturated rings. The van der Waals surface area contributed by atoms with E-state index >= 15 is 0 Å². The Bertz CT molecular complexity index is 349. The van der Waals surface area contributed by atoms with Crippen LogP contribution in [0.25, 0.3) is 0 Å². The molecule has 0 bridgehead atoms. The quantitative estimate of drug-likeness (QED) is 0.828. The average Bonchev–Trinajstić information content (AvgIpc) is 2.74. The topological polar surface area (TPSA) is 45.5 Å². The predicted molar refractivity (Wildman–Crippen MR) is 68.9 cm³/mol. The van der Waals surface area contributed by atoms with Gasteiger partial charge in [0.2, 0.25) is 5.91 Å². The fourth-order valence-electron chi connectivity index (χ4n) is 1.61. The molecular formula is C12H18N2O2S. The Kier molecular flexibility index (Phi) is 4.50. The van der Waals surface area contributed by atoms with Crippen LogP contribution in [0, 0.1) is 5.92 Å². The van der Waals surface area contributed by atoms with Crippen molar-refractivity contribution in [3.63, 3.8) is 0 Å². The van der Waals surface area contributed by atoms with Crippen LogP contribution in [-0.2, 0) is 11.3 Å². The summed E-state index contributed by atoms with van der Waals surface area (Å²) in [6, 6.07) is 3.73. The molecule has 0 radical (unpaired) electrons. The second kappa shape index (κ2) is 6.12. The van der Waals surface area contributed by atoms with E-state index < -0.39 is 0 Å². The van der Waals surface area contributed by atoms with Crippen LogP contribution in [0.3, 0.4) is 0 Å². The molecule has 0 saturated carbocycles. The summed E-state index contributed by atoms with van der Waals surface area (Å²) in [6.07, 6.45) is 1.63. The summed E-state index contributed by atoms with van der Waals surface area (Å²) in [5.41, 5.74) is 0. The second-order valence-electron chi connectivity index (χ2n) is 4.37. The van der Waals surface area contributed by atoms with Crippen molar-refractivity contribution >= 4 is 17.7 Å². The van der Waals surface area contributed by atoms with Gasteiger partial charge in [0.1, 0.15) is 5.76 Å². The maximum atomic E-state index is 11.8. The fourth-order valence-corrected chi connectivity index (χ4v) is 2.70. The van der Waals surface area contributed by atoms with Gasteiger partial charge in [-0.2, -0.15) is 11.8 Å². The number of thioether (sulfide) groups is 1. The lowest BCUT2D eigenvalue weighted by atomic mass is 10.1. The summed E-state index contributed by atoms with van der Waals surface area (Å²) in [4.78, 5) is 13.5. The third kappa shape index (κ3) is 3.78. The van der Waals surface area contributed by atoms with Crippen molar-refractivity contribution in [2.24, 2.45) is 5.92 Å². The first-order chi connectivity index (χ1) is 8.25. The Morgan fingerprint density at radius 2 is 2.47 bits per heavy atom. The van der Waals surface area contributed by atoms with Gasteiger partial charge in [0.05, 0.1) is 18.6 Å². The molecular weight excluding hydrogens is 236 g/mol. The molecule has 1 N–H and O–H groups in total. The molecule has 0 atom stereocenters. The Morgan fingerprint density at radius 1 is 1.65 bits per heavy atom. The number of nitrogens with one attached hydrogen (secondary N) is 1. The molecule has 0 aromatic carbocycles. The minimum Gasteiger partial charge on any atom is -0.467 e. The minimum atomic E-state index is 0.165. The van der Waals surface area contributed by atoms with E-state index in [9.17, 15) is 4.79 Å². The van der Waals surface area contributed by atoms with E-state index in [0.717, 1.165) is 30.5 Å². The highest BCUT2D eigenvalue weighted by molar-refractivity contribution is 7.99. The zero-order valence-electron chi connectivity index (χ0n) is 10.0. The molecule has 1 aromatic rings. The van der Waals surface area contributed by atoms with Gasteiger partial charge in [0, 0.05) is 7.05 Å². The number of nitrogens with zero attached hydrogens (tertiary/aromatic N) is 1. The molecule has 1 aliphatic heterocycles. The van der Waals surface area contributed by atoms with Crippen molar-refractivity contribution in [2.75, 3.05) is 31.6 Å². The Labute approximate surface area is 106 Å². The molecule has 0 aliphatic carbocycles. The van der Waals surface area contributed by atoms with Crippen LogP contribution in [0.2, 0.25) is 0 Å². The molecule has 1 saturated heterocycles. The summed E-state index contributed by atoms with van der Waals surface area (Å²) in [5, 5.41) is 3.23. The lowest BCUT2D eigenvalue weighted by Crippen LogP contribution is -2.43. The van der Waals surface area contributed by atoms with Gasteiger partial charge in [0.25, 0.3) is 0 Å². The van der Waals surface area contributed by atoms with Crippen LogP contribution in [-0.4, -0.2) is 42.4 Å². The van der Waals surface area contributed by atoms with E-state index in [4.69, 9.17) is 4.42 Å². The van der Waals surface area contributed by atoms with Gasteiger partial charge in [-0.1, -0.05) is 0 Å². The molecule has 1 aliphatic rings. The first-order valence-corrected chi connectivity index (χ1v) is 6.96. The molecule has 4 nitrogen and oxygen atoms in total. The molecule has 94 valence electrons. The number of hydrogen-bond acceptors (Lipinski definition) is 4. The Balaban J connectivity index is 1.64. The molecule has 1 amide bonds. The van der Waals surface area contributed by atoms with Crippen LogP contribution in [0.5, 0.6) is 0 Å². The van der Waals surface area contributed by atoms with Crippen LogP contribution in [0.1, 0.15) is 5.76 Å². The van der Waals surface area contributed by atoms with Gasteiger partial charge in [-0.3, -0.25) is 4.79 Å². The molecule has 5 heteroatoms. The van der Waals surface area contributed by atoms with Crippen molar-refractivity contribution in [3.8, 4) is 0 Å². The zero-order valence-corrected chi connectivity index (χ0v) is 10.8. The first-order valence-electron chi connectivity index (χ1n) is 5.80. The third-order valence-electron chi connectivity index (χ3n) is 2.84. The first kappa shape index (κ1) is 12.5.